The van der Waals surface area contributed by atoms with Crippen LogP contribution in [0.25, 0.3) is 0 Å². The van der Waals surface area contributed by atoms with E-state index in [4.69, 9.17) is 18.9 Å². The van der Waals surface area contributed by atoms with E-state index in [-0.39, 0.29) is 19.4 Å². The van der Waals surface area contributed by atoms with Gasteiger partial charge in [0.05, 0.1) is 26.9 Å². The Kier molecular flexibility index (Phi) is 9.39. The van der Waals surface area contributed by atoms with Crippen LogP contribution in [0.1, 0.15) is 5.56 Å². The van der Waals surface area contributed by atoms with Crippen LogP contribution in [0.2, 0.25) is 0 Å². The van der Waals surface area contributed by atoms with Crippen molar-refractivity contribution in [3.8, 4) is 0 Å². The van der Waals surface area contributed by atoms with Crippen molar-refractivity contribution < 1.29 is 23.7 Å². The van der Waals surface area contributed by atoms with Crippen LogP contribution in [-0.4, -0.2) is 52.8 Å². The number of rotatable bonds is 11. The van der Waals surface area contributed by atoms with Gasteiger partial charge in [0, 0.05) is 13.7 Å². The number of ether oxygens (including phenoxy) is 4. The minimum atomic E-state index is -0.527. The van der Waals surface area contributed by atoms with E-state index in [0.717, 1.165) is 5.56 Å². The summed E-state index contributed by atoms with van der Waals surface area (Å²) in [6.45, 7) is 1.83. The van der Waals surface area contributed by atoms with Crippen molar-refractivity contribution in [1.29, 1.82) is 0 Å². The lowest BCUT2D eigenvalue weighted by molar-refractivity contribution is -0.147. The van der Waals surface area contributed by atoms with E-state index in [0.29, 0.717) is 19.8 Å². The summed E-state index contributed by atoms with van der Waals surface area (Å²) in [5, 5.41) is 3.11. The van der Waals surface area contributed by atoms with Crippen LogP contribution in [-0.2, 0) is 30.3 Å². The number of hydrogen-bond acceptors (Lipinski definition) is 6. The average Bonchev–Trinajstić information content (AvgIpc) is 2.53. The molecule has 1 aromatic carbocycles. The summed E-state index contributed by atoms with van der Waals surface area (Å²) < 4.78 is 20.1. The Morgan fingerprint density at radius 1 is 1.14 bits per heavy atom. The Balaban J connectivity index is 2.29. The van der Waals surface area contributed by atoms with Gasteiger partial charge in [-0.1, -0.05) is 30.3 Å². The lowest BCUT2D eigenvalue weighted by atomic mass is 10.2. The van der Waals surface area contributed by atoms with Gasteiger partial charge in [-0.15, -0.1) is 0 Å². The molecular formula is C15H23NO5. The number of benzene rings is 1. The van der Waals surface area contributed by atoms with E-state index in [1.807, 2.05) is 30.3 Å². The molecule has 0 spiro atoms. The van der Waals surface area contributed by atoms with Crippen molar-refractivity contribution in [1.82, 2.24) is 5.32 Å². The Morgan fingerprint density at radius 3 is 2.57 bits per heavy atom. The number of methoxy groups -OCH3 is 2. The molecule has 0 saturated carbocycles. The molecule has 6 nitrogen and oxygen atoms in total. The van der Waals surface area contributed by atoms with Gasteiger partial charge in [0.2, 0.25) is 0 Å². The fourth-order valence-corrected chi connectivity index (χ4v) is 1.62. The molecule has 0 aliphatic rings. The molecule has 0 aliphatic heterocycles. The van der Waals surface area contributed by atoms with Crippen molar-refractivity contribution in [3.05, 3.63) is 35.9 Å². The van der Waals surface area contributed by atoms with E-state index in [1.165, 1.54) is 7.11 Å². The molecule has 21 heavy (non-hydrogen) atoms. The van der Waals surface area contributed by atoms with Crippen molar-refractivity contribution in [3.63, 3.8) is 0 Å². The molecular weight excluding hydrogens is 274 g/mol. The summed E-state index contributed by atoms with van der Waals surface area (Å²) >= 11 is 0. The standard InChI is InChI=1S/C15H23NO5/c1-18-8-9-20-12-21-11-14(15(17)19-2)16-10-13-6-4-3-5-7-13/h3-7,14,16H,8-12H2,1-2H3/t14-/m1/s1. The van der Waals surface area contributed by atoms with Crippen molar-refractivity contribution in [2.24, 2.45) is 0 Å². The van der Waals surface area contributed by atoms with Crippen LogP contribution in [0.3, 0.4) is 0 Å². The minimum absolute atomic E-state index is 0.115. The number of hydrogen-bond donors (Lipinski definition) is 1. The topological polar surface area (TPSA) is 66.0 Å². The number of carbonyl (C=O) groups excluding carboxylic acids is 1. The molecule has 1 aromatic rings. The quantitative estimate of drug-likeness (QED) is 0.373. The largest absolute Gasteiger partial charge is 0.468 e. The van der Waals surface area contributed by atoms with E-state index < -0.39 is 6.04 Å². The van der Waals surface area contributed by atoms with E-state index >= 15 is 0 Å². The highest BCUT2D eigenvalue weighted by molar-refractivity contribution is 5.75. The maximum absolute atomic E-state index is 11.7. The predicted octanol–water partition coefficient (Wildman–Crippen LogP) is 0.955. The van der Waals surface area contributed by atoms with Crippen LogP contribution in [0, 0.1) is 0 Å². The van der Waals surface area contributed by atoms with Gasteiger partial charge in [-0.25, -0.2) is 0 Å². The third kappa shape index (κ3) is 7.77. The molecule has 0 heterocycles. The lowest BCUT2D eigenvalue weighted by Gasteiger charge is -2.16. The Labute approximate surface area is 125 Å². The van der Waals surface area contributed by atoms with Gasteiger partial charge in [0.15, 0.2) is 0 Å². The molecule has 0 bridgehead atoms. The highest BCUT2D eigenvalue weighted by atomic mass is 16.7. The molecule has 6 heteroatoms. The summed E-state index contributed by atoms with van der Waals surface area (Å²) in [4.78, 5) is 11.7. The van der Waals surface area contributed by atoms with Crippen LogP contribution in [0.5, 0.6) is 0 Å². The van der Waals surface area contributed by atoms with Crippen molar-refractivity contribution >= 4 is 5.97 Å². The zero-order chi connectivity index (χ0) is 15.3. The first-order valence-electron chi connectivity index (χ1n) is 6.77. The van der Waals surface area contributed by atoms with E-state index in [2.05, 4.69) is 5.32 Å². The van der Waals surface area contributed by atoms with Gasteiger partial charge in [-0.05, 0) is 5.56 Å². The zero-order valence-corrected chi connectivity index (χ0v) is 12.5. The van der Waals surface area contributed by atoms with Crippen molar-refractivity contribution in [2.75, 3.05) is 40.8 Å². The molecule has 118 valence electrons. The first-order valence-corrected chi connectivity index (χ1v) is 6.77. The highest BCUT2D eigenvalue weighted by Gasteiger charge is 2.18. The molecule has 0 fully saturated rings. The summed E-state index contributed by atoms with van der Waals surface area (Å²) in [6.07, 6.45) is 0. The maximum Gasteiger partial charge on any atom is 0.325 e. The van der Waals surface area contributed by atoms with Gasteiger partial charge in [-0.2, -0.15) is 0 Å². The first-order chi connectivity index (χ1) is 10.3. The second kappa shape index (κ2) is 11.2. The Hall–Kier alpha value is -1.47. The van der Waals surface area contributed by atoms with Gasteiger partial charge >= 0.3 is 5.97 Å². The summed E-state index contributed by atoms with van der Waals surface area (Å²) in [7, 11) is 2.96. The summed E-state index contributed by atoms with van der Waals surface area (Å²) in [6, 6.07) is 9.28. The highest BCUT2D eigenvalue weighted by Crippen LogP contribution is 1.99. The number of esters is 1. The lowest BCUT2D eigenvalue weighted by Crippen LogP contribution is -2.41. The van der Waals surface area contributed by atoms with Gasteiger partial charge in [-0.3, -0.25) is 10.1 Å². The molecule has 1 rings (SSSR count). The molecule has 1 N–H and O–H groups in total. The van der Waals surface area contributed by atoms with Crippen molar-refractivity contribution in [2.45, 2.75) is 12.6 Å². The molecule has 0 amide bonds. The van der Waals surface area contributed by atoms with Gasteiger partial charge < -0.3 is 18.9 Å². The fraction of sp³-hybridized carbons (Fsp3) is 0.533. The fourth-order valence-electron chi connectivity index (χ4n) is 1.62. The third-order valence-corrected chi connectivity index (χ3v) is 2.76. The van der Waals surface area contributed by atoms with Crippen LogP contribution in [0.15, 0.2) is 30.3 Å². The van der Waals surface area contributed by atoms with Crippen LogP contribution >= 0.6 is 0 Å². The molecule has 0 saturated heterocycles. The SMILES string of the molecule is COCCOCOC[C@@H](NCc1ccccc1)C(=O)OC. The summed E-state index contributed by atoms with van der Waals surface area (Å²) in [5.74, 6) is -0.358. The number of nitrogens with one attached hydrogen (secondary N) is 1. The van der Waals surface area contributed by atoms with Crippen LogP contribution in [0.4, 0.5) is 0 Å². The second-order valence-electron chi connectivity index (χ2n) is 4.33. The molecule has 0 unspecified atom stereocenters. The smallest absolute Gasteiger partial charge is 0.325 e. The van der Waals surface area contributed by atoms with Gasteiger partial charge in [0.1, 0.15) is 12.8 Å². The monoisotopic (exact) mass is 297 g/mol. The minimum Gasteiger partial charge on any atom is -0.468 e. The second-order valence-corrected chi connectivity index (χ2v) is 4.33. The van der Waals surface area contributed by atoms with E-state index in [9.17, 15) is 4.79 Å². The predicted molar refractivity (Wildman–Crippen MR) is 77.7 cm³/mol. The average molecular weight is 297 g/mol. The Morgan fingerprint density at radius 2 is 1.90 bits per heavy atom. The molecule has 0 aromatic heterocycles. The molecule has 1 atom stereocenters. The number of carbonyl (C=O) groups is 1. The normalized spacial score (nSPS) is 12.1. The summed E-state index contributed by atoms with van der Waals surface area (Å²) in [5.41, 5.74) is 1.09. The molecule has 0 aliphatic carbocycles. The first kappa shape index (κ1) is 17.6. The Bertz CT molecular complexity index is 385. The molecule has 0 radical (unpaired) electrons. The van der Waals surface area contributed by atoms with Crippen LogP contribution < -0.4 is 5.32 Å². The van der Waals surface area contributed by atoms with Gasteiger partial charge in [0.25, 0.3) is 0 Å². The maximum atomic E-state index is 11.7. The van der Waals surface area contributed by atoms with E-state index in [1.54, 1.807) is 7.11 Å². The third-order valence-electron chi connectivity index (χ3n) is 2.76. The zero-order valence-electron chi connectivity index (χ0n) is 12.5.